The minimum atomic E-state index is -3.34. The maximum atomic E-state index is 11.0. The Morgan fingerprint density at radius 1 is 1.30 bits per heavy atom. The van der Waals surface area contributed by atoms with Crippen LogP contribution in [0.4, 0.5) is 5.69 Å². The lowest BCUT2D eigenvalue weighted by Gasteiger charge is -2.33. The summed E-state index contributed by atoms with van der Waals surface area (Å²) in [6.07, 6.45) is 2.91. The van der Waals surface area contributed by atoms with E-state index in [-0.39, 0.29) is 6.61 Å². The van der Waals surface area contributed by atoms with Crippen LogP contribution in [0.5, 0.6) is 0 Å². The number of nitrogens with zero attached hydrogens (tertiary/aromatic N) is 2. The molecule has 1 aromatic rings. The van der Waals surface area contributed by atoms with Crippen LogP contribution in [-0.4, -0.2) is 34.4 Å². The Morgan fingerprint density at radius 3 is 2.40 bits per heavy atom. The van der Waals surface area contributed by atoms with Crippen LogP contribution < -0.4 is 4.90 Å². The van der Waals surface area contributed by atoms with Gasteiger partial charge in [-0.05, 0) is 43.0 Å². The second-order valence-corrected chi connectivity index (χ2v) is 6.72. The van der Waals surface area contributed by atoms with Crippen molar-refractivity contribution in [1.29, 1.82) is 5.26 Å². The standard InChI is InChI=1S/C14H18N2O3S/c1-20(17,18)19-11-13-6-8-16(9-7-13)14-4-2-12(10-15)3-5-14/h2-5,13H,6-9,11H2,1H3. The molecule has 0 saturated carbocycles. The predicted molar refractivity (Wildman–Crippen MR) is 76.9 cm³/mol. The summed E-state index contributed by atoms with van der Waals surface area (Å²) in [6, 6.07) is 9.63. The van der Waals surface area contributed by atoms with Gasteiger partial charge in [0.05, 0.1) is 24.5 Å². The highest BCUT2D eigenvalue weighted by molar-refractivity contribution is 7.85. The van der Waals surface area contributed by atoms with Gasteiger partial charge in [0.15, 0.2) is 0 Å². The molecule has 1 aromatic carbocycles. The summed E-state index contributed by atoms with van der Waals surface area (Å²) in [5.41, 5.74) is 1.76. The van der Waals surface area contributed by atoms with Crippen LogP contribution >= 0.6 is 0 Å². The van der Waals surface area contributed by atoms with Crippen LogP contribution in [0.1, 0.15) is 18.4 Å². The second kappa shape index (κ2) is 6.25. The van der Waals surface area contributed by atoms with Crippen molar-refractivity contribution >= 4 is 15.8 Å². The van der Waals surface area contributed by atoms with Gasteiger partial charge in [0, 0.05) is 18.8 Å². The Bertz CT molecular complexity index is 582. The third-order valence-corrected chi connectivity index (χ3v) is 4.06. The number of hydrogen-bond donors (Lipinski definition) is 0. The molecule has 20 heavy (non-hydrogen) atoms. The van der Waals surface area contributed by atoms with Gasteiger partial charge in [-0.3, -0.25) is 4.18 Å². The normalized spacial score (nSPS) is 16.9. The molecule has 0 amide bonds. The SMILES string of the molecule is CS(=O)(=O)OCC1CCN(c2ccc(C#N)cc2)CC1. The molecular formula is C14H18N2O3S. The molecule has 1 fully saturated rings. The van der Waals surface area contributed by atoms with Gasteiger partial charge in [0.1, 0.15) is 0 Å². The van der Waals surface area contributed by atoms with Gasteiger partial charge in [-0.2, -0.15) is 13.7 Å². The van der Waals surface area contributed by atoms with Crippen molar-refractivity contribution in [3.8, 4) is 6.07 Å². The summed E-state index contributed by atoms with van der Waals surface area (Å²) in [4.78, 5) is 2.25. The molecule has 0 unspecified atom stereocenters. The van der Waals surface area contributed by atoms with Crippen LogP contribution in [-0.2, 0) is 14.3 Å². The molecule has 0 atom stereocenters. The third kappa shape index (κ3) is 4.22. The Hall–Kier alpha value is -1.58. The van der Waals surface area contributed by atoms with E-state index >= 15 is 0 Å². The lowest BCUT2D eigenvalue weighted by atomic mass is 9.97. The zero-order valence-electron chi connectivity index (χ0n) is 11.4. The minimum absolute atomic E-state index is 0.278. The highest BCUT2D eigenvalue weighted by Crippen LogP contribution is 2.24. The minimum Gasteiger partial charge on any atom is -0.372 e. The summed E-state index contributed by atoms with van der Waals surface area (Å²) >= 11 is 0. The molecule has 1 aliphatic rings. The molecule has 0 radical (unpaired) electrons. The van der Waals surface area contributed by atoms with Crippen molar-refractivity contribution in [3.63, 3.8) is 0 Å². The molecule has 108 valence electrons. The van der Waals surface area contributed by atoms with Crippen LogP contribution in [0.25, 0.3) is 0 Å². The Kier molecular flexibility index (Phi) is 4.63. The van der Waals surface area contributed by atoms with Gasteiger partial charge >= 0.3 is 0 Å². The lowest BCUT2D eigenvalue weighted by molar-refractivity contribution is 0.230. The smallest absolute Gasteiger partial charge is 0.264 e. The molecule has 0 aliphatic carbocycles. The van der Waals surface area contributed by atoms with Gasteiger partial charge in [-0.1, -0.05) is 0 Å². The van der Waals surface area contributed by atoms with Crippen molar-refractivity contribution in [1.82, 2.24) is 0 Å². The number of benzene rings is 1. The van der Waals surface area contributed by atoms with Crippen molar-refractivity contribution in [2.24, 2.45) is 5.92 Å². The van der Waals surface area contributed by atoms with Crippen molar-refractivity contribution in [2.45, 2.75) is 12.8 Å². The first-order valence-corrected chi connectivity index (χ1v) is 8.39. The Balaban J connectivity index is 1.86. The first kappa shape index (κ1) is 14.8. The van der Waals surface area contributed by atoms with E-state index in [4.69, 9.17) is 9.44 Å². The number of anilines is 1. The zero-order chi connectivity index (χ0) is 14.6. The van der Waals surface area contributed by atoms with Gasteiger partial charge in [0.25, 0.3) is 10.1 Å². The molecule has 0 spiro atoms. The average Bonchev–Trinajstić information content (AvgIpc) is 2.45. The fourth-order valence-electron chi connectivity index (χ4n) is 2.32. The van der Waals surface area contributed by atoms with E-state index in [1.54, 1.807) is 0 Å². The maximum Gasteiger partial charge on any atom is 0.264 e. The number of hydrogen-bond acceptors (Lipinski definition) is 5. The molecule has 6 heteroatoms. The van der Waals surface area contributed by atoms with E-state index in [9.17, 15) is 8.42 Å². The predicted octanol–water partition coefficient (Wildman–Crippen LogP) is 1.75. The van der Waals surface area contributed by atoms with Gasteiger partial charge in [-0.25, -0.2) is 0 Å². The van der Waals surface area contributed by atoms with Crippen LogP contribution in [0.15, 0.2) is 24.3 Å². The monoisotopic (exact) mass is 294 g/mol. The first-order valence-electron chi connectivity index (χ1n) is 6.57. The Morgan fingerprint density at radius 2 is 1.90 bits per heavy atom. The summed E-state index contributed by atoms with van der Waals surface area (Å²) in [7, 11) is -3.34. The highest BCUT2D eigenvalue weighted by atomic mass is 32.2. The molecule has 1 heterocycles. The molecule has 1 aliphatic heterocycles. The van der Waals surface area contributed by atoms with E-state index in [1.807, 2.05) is 24.3 Å². The summed E-state index contributed by atoms with van der Waals surface area (Å²) in [6.45, 7) is 2.04. The van der Waals surface area contributed by atoms with E-state index in [2.05, 4.69) is 11.0 Å². The summed E-state index contributed by atoms with van der Waals surface area (Å²) in [5.74, 6) is 0.291. The first-order chi connectivity index (χ1) is 9.48. The van der Waals surface area contributed by atoms with E-state index < -0.39 is 10.1 Å². The molecule has 2 rings (SSSR count). The van der Waals surface area contributed by atoms with Crippen LogP contribution in [0.3, 0.4) is 0 Å². The highest BCUT2D eigenvalue weighted by Gasteiger charge is 2.20. The number of piperidine rings is 1. The third-order valence-electron chi connectivity index (χ3n) is 3.49. The Labute approximate surface area is 119 Å². The van der Waals surface area contributed by atoms with Gasteiger partial charge in [-0.15, -0.1) is 0 Å². The second-order valence-electron chi connectivity index (χ2n) is 5.08. The van der Waals surface area contributed by atoms with Crippen molar-refractivity contribution in [2.75, 3.05) is 30.9 Å². The molecule has 0 aromatic heterocycles. The van der Waals surface area contributed by atoms with Crippen LogP contribution in [0.2, 0.25) is 0 Å². The van der Waals surface area contributed by atoms with E-state index in [1.165, 1.54) is 0 Å². The zero-order valence-corrected chi connectivity index (χ0v) is 12.3. The largest absolute Gasteiger partial charge is 0.372 e. The average molecular weight is 294 g/mol. The quantitative estimate of drug-likeness (QED) is 0.791. The molecule has 5 nitrogen and oxygen atoms in total. The van der Waals surface area contributed by atoms with Gasteiger partial charge in [0.2, 0.25) is 0 Å². The molecule has 1 saturated heterocycles. The van der Waals surface area contributed by atoms with E-state index in [0.717, 1.165) is 37.9 Å². The molecule has 0 N–H and O–H groups in total. The fraction of sp³-hybridized carbons (Fsp3) is 0.500. The summed E-state index contributed by atoms with van der Waals surface area (Å²) in [5, 5.41) is 8.77. The maximum absolute atomic E-state index is 11.0. The number of rotatable bonds is 4. The lowest BCUT2D eigenvalue weighted by Crippen LogP contribution is -2.35. The number of nitriles is 1. The van der Waals surface area contributed by atoms with Crippen molar-refractivity contribution < 1.29 is 12.6 Å². The topological polar surface area (TPSA) is 70.4 Å². The fourth-order valence-corrected chi connectivity index (χ4v) is 2.76. The molecular weight excluding hydrogens is 276 g/mol. The van der Waals surface area contributed by atoms with E-state index in [0.29, 0.717) is 11.5 Å². The summed E-state index contributed by atoms with van der Waals surface area (Å²) < 4.78 is 26.8. The molecule has 0 bridgehead atoms. The van der Waals surface area contributed by atoms with Crippen LogP contribution in [0, 0.1) is 17.2 Å². The van der Waals surface area contributed by atoms with Gasteiger partial charge < -0.3 is 4.90 Å². The van der Waals surface area contributed by atoms with Crippen molar-refractivity contribution in [3.05, 3.63) is 29.8 Å².